The Morgan fingerprint density at radius 2 is 2.00 bits per heavy atom. The van der Waals surface area contributed by atoms with Crippen LogP contribution in [0.15, 0.2) is 16.6 Å². The van der Waals surface area contributed by atoms with Crippen molar-refractivity contribution in [2.75, 3.05) is 0 Å². The fraction of sp³-hybridized carbons (Fsp3) is 0.333. The molecule has 0 heterocycles. The van der Waals surface area contributed by atoms with E-state index in [4.69, 9.17) is 6.42 Å². The first-order valence-electron chi connectivity index (χ1n) is 4.59. The van der Waals surface area contributed by atoms with Gasteiger partial charge in [-0.2, -0.15) is 0 Å². The van der Waals surface area contributed by atoms with Crippen LogP contribution in [0.25, 0.3) is 0 Å². The van der Waals surface area contributed by atoms with Crippen molar-refractivity contribution in [2.24, 2.45) is 0 Å². The van der Waals surface area contributed by atoms with E-state index in [9.17, 15) is 0 Å². The molecule has 66 valence electrons. The van der Waals surface area contributed by atoms with Crippen LogP contribution in [0.2, 0.25) is 0 Å². The number of halogens is 1. The Morgan fingerprint density at radius 1 is 1.23 bits per heavy atom. The summed E-state index contributed by atoms with van der Waals surface area (Å²) in [5.41, 5.74) is 3.89. The highest BCUT2D eigenvalue weighted by atomic mass is 79.9. The summed E-state index contributed by atoms with van der Waals surface area (Å²) in [5, 5.41) is 0. The number of fused-ring (bicyclic) bond motifs is 1. The minimum atomic E-state index is 0.993. The Labute approximate surface area is 87.5 Å². The zero-order valence-electron chi connectivity index (χ0n) is 7.44. The molecule has 0 aromatic heterocycles. The van der Waals surface area contributed by atoms with E-state index in [1.807, 2.05) is 6.07 Å². The van der Waals surface area contributed by atoms with Crippen molar-refractivity contribution < 1.29 is 0 Å². The lowest BCUT2D eigenvalue weighted by Gasteiger charge is -2.17. The van der Waals surface area contributed by atoms with Gasteiger partial charge in [0.25, 0.3) is 0 Å². The monoisotopic (exact) mass is 234 g/mol. The molecule has 0 saturated carbocycles. The minimum absolute atomic E-state index is 0.993. The van der Waals surface area contributed by atoms with E-state index in [0.29, 0.717) is 0 Å². The third-order valence-electron chi connectivity index (χ3n) is 2.58. The van der Waals surface area contributed by atoms with Gasteiger partial charge in [0.05, 0.1) is 0 Å². The van der Waals surface area contributed by atoms with E-state index in [-0.39, 0.29) is 0 Å². The van der Waals surface area contributed by atoms with Gasteiger partial charge in [0.1, 0.15) is 0 Å². The van der Waals surface area contributed by atoms with Crippen LogP contribution in [0.4, 0.5) is 0 Å². The lowest BCUT2D eigenvalue weighted by Crippen LogP contribution is -2.03. The molecule has 0 saturated heterocycles. The van der Waals surface area contributed by atoms with Gasteiger partial charge in [0, 0.05) is 10.0 Å². The molecule has 0 N–H and O–H groups in total. The Hall–Kier alpha value is -0.740. The number of rotatable bonds is 0. The molecule has 1 aliphatic rings. The smallest absolute Gasteiger partial charge is 0.0256 e. The lowest BCUT2D eigenvalue weighted by molar-refractivity contribution is 0.683. The molecule has 1 aromatic carbocycles. The molecule has 1 aliphatic carbocycles. The van der Waals surface area contributed by atoms with E-state index in [0.717, 1.165) is 5.56 Å². The molecule has 2 rings (SSSR count). The Kier molecular flexibility index (Phi) is 2.42. The Bertz CT molecular complexity index is 371. The second kappa shape index (κ2) is 3.55. The molecule has 13 heavy (non-hydrogen) atoms. The molecule has 1 heteroatoms. The van der Waals surface area contributed by atoms with Crippen molar-refractivity contribution in [3.63, 3.8) is 0 Å². The Morgan fingerprint density at radius 3 is 2.77 bits per heavy atom. The van der Waals surface area contributed by atoms with Gasteiger partial charge in [0.15, 0.2) is 0 Å². The zero-order valence-corrected chi connectivity index (χ0v) is 9.02. The third-order valence-corrected chi connectivity index (χ3v) is 3.28. The predicted molar refractivity (Wildman–Crippen MR) is 58.7 cm³/mol. The molecule has 0 radical (unpaired) electrons. The van der Waals surface area contributed by atoms with Crippen LogP contribution in [-0.4, -0.2) is 0 Å². The number of hydrogen-bond donors (Lipinski definition) is 0. The van der Waals surface area contributed by atoms with Gasteiger partial charge in [-0.3, -0.25) is 0 Å². The fourth-order valence-corrected chi connectivity index (χ4v) is 2.60. The molecule has 0 aliphatic heterocycles. The van der Waals surface area contributed by atoms with Crippen LogP contribution in [0.1, 0.15) is 29.5 Å². The molecule has 0 fully saturated rings. The maximum absolute atomic E-state index is 5.38. The van der Waals surface area contributed by atoms with Crippen LogP contribution in [-0.2, 0) is 12.8 Å². The van der Waals surface area contributed by atoms with E-state index < -0.39 is 0 Å². The minimum Gasteiger partial charge on any atom is -0.115 e. The third kappa shape index (κ3) is 1.64. The number of terminal acetylenes is 1. The summed E-state index contributed by atoms with van der Waals surface area (Å²) in [6.45, 7) is 0. The number of hydrogen-bond acceptors (Lipinski definition) is 0. The first-order valence-corrected chi connectivity index (χ1v) is 5.38. The molecule has 0 spiro atoms. The fourth-order valence-electron chi connectivity index (χ4n) is 1.90. The molecule has 1 aromatic rings. The maximum atomic E-state index is 5.38. The largest absolute Gasteiger partial charge is 0.115 e. The predicted octanol–water partition coefficient (Wildman–Crippen LogP) is 3.31. The number of benzene rings is 1. The molecule has 0 nitrogen and oxygen atoms in total. The van der Waals surface area contributed by atoms with E-state index >= 15 is 0 Å². The topological polar surface area (TPSA) is 0 Å². The van der Waals surface area contributed by atoms with Gasteiger partial charge in [-0.1, -0.05) is 21.9 Å². The lowest BCUT2D eigenvalue weighted by atomic mass is 9.90. The molecule has 0 bridgehead atoms. The van der Waals surface area contributed by atoms with Gasteiger partial charge < -0.3 is 0 Å². The van der Waals surface area contributed by atoms with Crippen LogP contribution in [0, 0.1) is 12.3 Å². The maximum Gasteiger partial charge on any atom is 0.0256 e. The summed E-state index contributed by atoms with van der Waals surface area (Å²) in [7, 11) is 0. The van der Waals surface area contributed by atoms with Gasteiger partial charge >= 0.3 is 0 Å². The van der Waals surface area contributed by atoms with Crippen molar-refractivity contribution in [2.45, 2.75) is 25.7 Å². The molecule has 0 amide bonds. The molecular weight excluding hydrogens is 224 g/mol. The number of aryl methyl sites for hydroxylation is 1. The van der Waals surface area contributed by atoms with Crippen molar-refractivity contribution in [1.82, 2.24) is 0 Å². The van der Waals surface area contributed by atoms with Crippen LogP contribution in [0.3, 0.4) is 0 Å². The summed E-state index contributed by atoms with van der Waals surface area (Å²) in [6, 6.07) is 4.20. The van der Waals surface area contributed by atoms with Crippen molar-refractivity contribution >= 4 is 15.9 Å². The second-order valence-electron chi connectivity index (χ2n) is 3.45. The highest BCUT2D eigenvalue weighted by Gasteiger charge is 2.12. The normalized spacial score (nSPS) is 14.8. The molecular formula is C12H11Br. The van der Waals surface area contributed by atoms with Gasteiger partial charge in [-0.15, -0.1) is 6.42 Å². The van der Waals surface area contributed by atoms with Crippen molar-refractivity contribution in [1.29, 1.82) is 0 Å². The molecule has 0 unspecified atom stereocenters. The van der Waals surface area contributed by atoms with Crippen LogP contribution < -0.4 is 0 Å². The van der Waals surface area contributed by atoms with Gasteiger partial charge in [-0.05, 0) is 48.9 Å². The summed E-state index contributed by atoms with van der Waals surface area (Å²) >= 11 is 3.58. The summed E-state index contributed by atoms with van der Waals surface area (Å²) in [4.78, 5) is 0. The summed E-state index contributed by atoms with van der Waals surface area (Å²) in [5.74, 6) is 2.69. The summed E-state index contributed by atoms with van der Waals surface area (Å²) in [6.07, 6.45) is 10.4. The quantitative estimate of drug-likeness (QED) is 0.605. The SMILES string of the molecule is C#Cc1cc(Br)c2c(c1)CCCC2. The second-order valence-corrected chi connectivity index (χ2v) is 4.30. The van der Waals surface area contributed by atoms with E-state index in [2.05, 4.69) is 27.9 Å². The van der Waals surface area contributed by atoms with Crippen molar-refractivity contribution in [3.05, 3.63) is 33.3 Å². The van der Waals surface area contributed by atoms with Gasteiger partial charge in [0.2, 0.25) is 0 Å². The van der Waals surface area contributed by atoms with Crippen LogP contribution >= 0.6 is 15.9 Å². The van der Waals surface area contributed by atoms with E-state index in [1.165, 1.54) is 41.3 Å². The van der Waals surface area contributed by atoms with Gasteiger partial charge in [-0.25, -0.2) is 0 Å². The molecule has 0 atom stereocenters. The van der Waals surface area contributed by atoms with E-state index in [1.54, 1.807) is 0 Å². The van der Waals surface area contributed by atoms with Crippen molar-refractivity contribution in [3.8, 4) is 12.3 Å². The average molecular weight is 235 g/mol. The first kappa shape index (κ1) is 8.84. The first-order chi connectivity index (χ1) is 6.31. The zero-order chi connectivity index (χ0) is 9.26. The highest BCUT2D eigenvalue weighted by molar-refractivity contribution is 9.10. The summed E-state index contributed by atoms with van der Waals surface area (Å²) < 4.78 is 1.19. The average Bonchev–Trinajstić information content (AvgIpc) is 2.18. The standard InChI is InChI=1S/C12H11Br/c1-2-9-7-10-5-3-4-6-11(10)12(13)8-9/h1,7-8H,3-6H2. The highest BCUT2D eigenvalue weighted by Crippen LogP contribution is 2.29. The van der Waals surface area contributed by atoms with Crippen LogP contribution in [0.5, 0.6) is 0 Å². The Balaban J connectivity index is 2.54.